The summed E-state index contributed by atoms with van der Waals surface area (Å²) in [4.78, 5) is 0. The molecule has 0 heterocycles. The molecule has 3 rings (SSSR count). The summed E-state index contributed by atoms with van der Waals surface area (Å²) in [5.41, 5.74) is -5.32. The maximum Gasteiger partial charge on any atom is 0.411 e. The first kappa shape index (κ1) is 25.2. The fourth-order valence-corrected chi connectivity index (χ4v) is 4.71. The molecule has 1 aliphatic rings. The molecule has 1 nitrogen and oxygen atoms in total. The maximum absolute atomic E-state index is 14.2. The number of rotatable bonds is 4. The van der Waals surface area contributed by atoms with Gasteiger partial charge in [-0.1, -0.05) is 67.8 Å². The number of benzene rings is 2. The van der Waals surface area contributed by atoms with Gasteiger partial charge in [-0.25, -0.2) is 0 Å². The van der Waals surface area contributed by atoms with E-state index >= 15 is 0 Å². The number of halogens is 6. The summed E-state index contributed by atoms with van der Waals surface area (Å²) >= 11 is 0. The second kappa shape index (κ2) is 10.2. The van der Waals surface area contributed by atoms with Gasteiger partial charge < -0.3 is 5.11 Å². The van der Waals surface area contributed by atoms with Crippen molar-refractivity contribution in [2.75, 3.05) is 0 Å². The van der Waals surface area contributed by atoms with Gasteiger partial charge in [0.1, 0.15) is 5.75 Å². The highest BCUT2D eigenvalue weighted by molar-refractivity contribution is 5.46. The van der Waals surface area contributed by atoms with E-state index in [1.807, 2.05) is 0 Å². The molecule has 0 spiro atoms. The SMILES string of the molecule is Oc1ccc(C(c2ccc(CC3CC/C=C\CCCCC3)cc2)(C(F)(F)F)C(F)(F)F)cc1. The van der Waals surface area contributed by atoms with Crippen molar-refractivity contribution >= 4 is 0 Å². The molecule has 0 aliphatic heterocycles. The Balaban J connectivity index is 1.95. The van der Waals surface area contributed by atoms with Crippen LogP contribution in [0.2, 0.25) is 0 Å². The highest BCUT2D eigenvalue weighted by Crippen LogP contribution is 2.56. The Morgan fingerprint density at radius 2 is 1.21 bits per heavy atom. The van der Waals surface area contributed by atoms with Gasteiger partial charge in [0.05, 0.1) is 0 Å². The third-order valence-corrected chi connectivity index (χ3v) is 6.45. The van der Waals surface area contributed by atoms with E-state index in [1.54, 1.807) is 0 Å². The lowest BCUT2D eigenvalue weighted by Crippen LogP contribution is -2.54. The van der Waals surface area contributed by atoms with Gasteiger partial charge in [-0.15, -0.1) is 0 Å². The zero-order valence-corrected chi connectivity index (χ0v) is 18.2. The fourth-order valence-electron chi connectivity index (χ4n) is 4.71. The van der Waals surface area contributed by atoms with Crippen LogP contribution in [0.5, 0.6) is 5.75 Å². The van der Waals surface area contributed by atoms with Crippen LogP contribution in [0.3, 0.4) is 0 Å². The van der Waals surface area contributed by atoms with Gasteiger partial charge in [0.15, 0.2) is 0 Å². The lowest BCUT2D eigenvalue weighted by molar-refractivity contribution is -0.288. The summed E-state index contributed by atoms with van der Waals surface area (Å²) in [5.74, 6) is -0.0708. The molecule has 2 aromatic rings. The van der Waals surface area contributed by atoms with E-state index in [0.29, 0.717) is 24.5 Å². The molecule has 1 unspecified atom stereocenters. The number of allylic oxidation sites excluding steroid dienone is 2. The van der Waals surface area contributed by atoms with Gasteiger partial charge in [-0.05, 0) is 66.8 Å². The third-order valence-electron chi connectivity index (χ3n) is 6.45. The number of aromatic hydroxyl groups is 1. The molecular weight excluding hydrogens is 442 g/mol. The largest absolute Gasteiger partial charge is 0.508 e. The zero-order valence-electron chi connectivity index (χ0n) is 18.2. The Kier molecular flexibility index (Phi) is 7.80. The molecular formula is C26H28F6O. The number of phenols is 1. The van der Waals surface area contributed by atoms with E-state index in [0.717, 1.165) is 74.8 Å². The number of alkyl halides is 6. The van der Waals surface area contributed by atoms with Crippen LogP contribution in [0.4, 0.5) is 26.3 Å². The molecule has 180 valence electrons. The van der Waals surface area contributed by atoms with Gasteiger partial charge in [0.2, 0.25) is 5.41 Å². The Morgan fingerprint density at radius 3 is 1.79 bits per heavy atom. The van der Waals surface area contributed by atoms with Crippen molar-refractivity contribution in [3.63, 3.8) is 0 Å². The Labute approximate surface area is 190 Å². The summed E-state index contributed by atoms with van der Waals surface area (Å²) in [6.45, 7) is 0. The van der Waals surface area contributed by atoms with Crippen molar-refractivity contribution in [3.8, 4) is 5.75 Å². The first-order valence-electron chi connectivity index (χ1n) is 11.2. The monoisotopic (exact) mass is 470 g/mol. The second-order valence-electron chi connectivity index (χ2n) is 8.75. The molecule has 1 aliphatic carbocycles. The smallest absolute Gasteiger partial charge is 0.411 e. The molecule has 0 saturated carbocycles. The molecule has 33 heavy (non-hydrogen) atoms. The minimum atomic E-state index is -5.63. The zero-order chi connectivity index (χ0) is 24.1. The summed E-state index contributed by atoms with van der Waals surface area (Å²) in [6, 6.07) is 7.70. The van der Waals surface area contributed by atoms with E-state index in [4.69, 9.17) is 0 Å². The Morgan fingerprint density at radius 1 is 0.667 bits per heavy atom. The summed E-state index contributed by atoms with van der Waals surface area (Å²) in [7, 11) is 0. The van der Waals surface area contributed by atoms with Crippen molar-refractivity contribution in [3.05, 3.63) is 77.4 Å². The van der Waals surface area contributed by atoms with Crippen LogP contribution >= 0.6 is 0 Å². The normalized spacial score (nSPS) is 19.8. The summed E-state index contributed by atoms with van der Waals surface area (Å²) in [6.07, 6.45) is 0.952. The van der Waals surface area contributed by atoms with Crippen molar-refractivity contribution in [2.24, 2.45) is 5.92 Å². The van der Waals surface area contributed by atoms with Crippen LogP contribution in [0, 0.1) is 5.92 Å². The van der Waals surface area contributed by atoms with Crippen LogP contribution in [-0.4, -0.2) is 17.5 Å². The van der Waals surface area contributed by atoms with Crippen LogP contribution in [0.1, 0.15) is 61.6 Å². The molecule has 7 heteroatoms. The van der Waals surface area contributed by atoms with E-state index in [2.05, 4.69) is 12.2 Å². The van der Waals surface area contributed by atoms with Gasteiger partial charge in [0, 0.05) is 0 Å². The maximum atomic E-state index is 14.2. The predicted molar refractivity (Wildman–Crippen MR) is 116 cm³/mol. The molecule has 2 aromatic carbocycles. The third kappa shape index (κ3) is 5.56. The average molecular weight is 470 g/mol. The van der Waals surface area contributed by atoms with Crippen molar-refractivity contribution < 1.29 is 31.4 Å². The van der Waals surface area contributed by atoms with Gasteiger partial charge in [0.25, 0.3) is 0 Å². The van der Waals surface area contributed by atoms with Gasteiger partial charge in [-0.3, -0.25) is 0 Å². The van der Waals surface area contributed by atoms with E-state index in [9.17, 15) is 31.4 Å². The highest BCUT2D eigenvalue weighted by atomic mass is 19.4. The molecule has 0 aromatic heterocycles. The minimum Gasteiger partial charge on any atom is -0.508 e. The quantitative estimate of drug-likeness (QED) is 0.352. The van der Waals surface area contributed by atoms with Crippen molar-refractivity contribution in [2.45, 2.75) is 69.1 Å². The van der Waals surface area contributed by atoms with Gasteiger partial charge in [-0.2, -0.15) is 26.3 Å². The molecule has 0 amide bonds. The lowest BCUT2D eigenvalue weighted by Gasteiger charge is -2.38. The first-order chi connectivity index (χ1) is 15.6. The van der Waals surface area contributed by atoms with Crippen molar-refractivity contribution in [1.29, 1.82) is 0 Å². The molecule has 0 saturated heterocycles. The lowest BCUT2D eigenvalue weighted by atomic mass is 9.72. The fraction of sp³-hybridized carbons (Fsp3) is 0.462. The highest BCUT2D eigenvalue weighted by Gasteiger charge is 2.72. The topological polar surface area (TPSA) is 20.2 Å². The predicted octanol–water partition coefficient (Wildman–Crippen LogP) is 8.26. The van der Waals surface area contributed by atoms with Crippen LogP contribution < -0.4 is 0 Å². The summed E-state index contributed by atoms with van der Waals surface area (Å²) < 4.78 is 85.1. The number of hydrogen-bond donors (Lipinski definition) is 1. The standard InChI is InChI=1S/C26H28F6O/c27-25(28,29)24(26(30,31)32,22-14-16-23(33)17-15-22)21-12-10-20(11-13-21)18-19-8-6-4-2-1-3-5-7-9-19/h2,4,10-17,19,33H,1,3,5-9,18H2/b4-2-. The first-order valence-corrected chi connectivity index (χ1v) is 11.2. The molecule has 1 N–H and O–H groups in total. The number of hydrogen-bond acceptors (Lipinski definition) is 1. The van der Waals surface area contributed by atoms with Crippen molar-refractivity contribution in [1.82, 2.24) is 0 Å². The van der Waals surface area contributed by atoms with Crippen LogP contribution in [-0.2, 0) is 11.8 Å². The Hall–Kier alpha value is -2.44. The average Bonchev–Trinajstić information content (AvgIpc) is 2.74. The van der Waals surface area contributed by atoms with E-state index < -0.39 is 34.6 Å². The summed E-state index contributed by atoms with van der Waals surface area (Å²) in [5, 5.41) is 9.39. The van der Waals surface area contributed by atoms with Crippen LogP contribution in [0.25, 0.3) is 0 Å². The molecule has 0 radical (unpaired) electrons. The molecule has 0 fully saturated rings. The molecule has 0 bridgehead atoms. The number of phenolic OH excluding ortho intramolecular Hbond substituents is 1. The minimum absolute atomic E-state index is 0.339. The van der Waals surface area contributed by atoms with E-state index in [1.165, 1.54) is 12.1 Å². The Bertz CT molecular complexity index is 896. The second-order valence-corrected chi connectivity index (χ2v) is 8.75. The van der Waals surface area contributed by atoms with Gasteiger partial charge >= 0.3 is 12.4 Å². The molecule has 1 atom stereocenters. The van der Waals surface area contributed by atoms with Crippen LogP contribution in [0.15, 0.2) is 60.7 Å². The van der Waals surface area contributed by atoms with E-state index in [-0.39, 0.29) is 0 Å².